The molecule has 1 aromatic heterocycles. The maximum absolute atomic E-state index is 11.1. The molecule has 0 amide bonds. The Morgan fingerprint density at radius 1 is 1.55 bits per heavy atom. The van der Waals surface area contributed by atoms with Gasteiger partial charge in [0.2, 0.25) is 0 Å². The summed E-state index contributed by atoms with van der Waals surface area (Å²) in [6, 6.07) is 0.212. The van der Waals surface area contributed by atoms with Gasteiger partial charge in [0.1, 0.15) is 0 Å². The molecular weight excluding hydrogens is 140 g/mol. The predicted octanol–water partition coefficient (Wildman–Crippen LogP) is 1.13. The molecular formula is C8H12N2O. The van der Waals surface area contributed by atoms with Crippen LogP contribution in [-0.4, -0.2) is 9.55 Å². The molecule has 0 aliphatic rings. The highest BCUT2D eigenvalue weighted by Gasteiger charge is 1.99. The minimum Gasteiger partial charge on any atom is -0.310 e. The molecule has 1 heterocycles. The number of aryl methyl sites for hydroxylation is 1. The number of hydrogen-bond donors (Lipinski definition) is 0. The molecule has 0 aliphatic carbocycles. The molecule has 0 fully saturated rings. The second-order valence-corrected chi connectivity index (χ2v) is 2.87. The topological polar surface area (TPSA) is 34.9 Å². The molecule has 0 unspecified atom stereocenters. The van der Waals surface area contributed by atoms with E-state index >= 15 is 0 Å². The van der Waals surface area contributed by atoms with Crippen LogP contribution in [-0.2, 0) is 0 Å². The minimum absolute atomic E-state index is 0.0365. The van der Waals surface area contributed by atoms with Crippen molar-refractivity contribution >= 4 is 0 Å². The maximum Gasteiger partial charge on any atom is 0.269 e. The quantitative estimate of drug-likeness (QED) is 0.604. The van der Waals surface area contributed by atoms with Gasteiger partial charge >= 0.3 is 0 Å². The molecule has 1 aromatic rings. The van der Waals surface area contributed by atoms with E-state index in [0.29, 0.717) is 0 Å². The third-order valence-electron chi connectivity index (χ3n) is 1.52. The van der Waals surface area contributed by atoms with Crippen LogP contribution in [0.4, 0.5) is 0 Å². The highest BCUT2D eigenvalue weighted by atomic mass is 16.1. The first kappa shape index (κ1) is 7.98. The van der Waals surface area contributed by atoms with Gasteiger partial charge in [-0.15, -0.1) is 0 Å². The van der Waals surface area contributed by atoms with Gasteiger partial charge in [-0.1, -0.05) is 0 Å². The van der Waals surface area contributed by atoms with Crippen molar-refractivity contribution in [2.45, 2.75) is 26.8 Å². The van der Waals surface area contributed by atoms with E-state index in [1.165, 1.54) is 6.20 Å². The average Bonchev–Trinajstić information content (AvgIpc) is 1.94. The Morgan fingerprint density at radius 2 is 2.18 bits per heavy atom. The third-order valence-corrected chi connectivity index (χ3v) is 1.52. The Morgan fingerprint density at radius 3 is 2.64 bits per heavy atom. The molecule has 0 aromatic carbocycles. The molecule has 0 saturated heterocycles. The van der Waals surface area contributed by atoms with E-state index in [1.54, 1.807) is 10.8 Å². The third kappa shape index (κ3) is 1.67. The Balaban J connectivity index is 3.24. The first-order chi connectivity index (χ1) is 5.11. The van der Waals surface area contributed by atoms with Crippen LogP contribution in [0.2, 0.25) is 0 Å². The van der Waals surface area contributed by atoms with Gasteiger partial charge in [-0.05, 0) is 20.8 Å². The van der Waals surface area contributed by atoms with Crippen LogP contribution in [0.15, 0.2) is 17.2 Å². The zero-order valence-electron chi connectivity index (χ0n) is 7.03. The van der Waals surface area contributed by atoms with Crippen LogP contribution in [0.3, 0.4) is 0 Å². The molecule has 0 atom stereocenters. The molecule has 11 heavy (non-hydrogen) atoms. The van der Waals surface area contributed by atoms with Crippen molar-refractivity contribution in [1.82, 2.24) is 9.55 Å². The molecule has 3 heteroatoms. The van der Waals surface area contributed by atoms with Crippen molar-refractivity contribution in [3.63, 3.8) is 0 Å². The van der Waals surface area contributed by atoms with Gasteiger partial charge in [0.25, 0.3) is 5.56 Å². The summed E-state index contributed by atoms with van der Waals surface area (Å²) >= 11 is 0. The maximum atomic E-state index is 11.1. The van der Waals surface area contributed by atoms with Gasteiger partial charge in [-0.25, -0.2) is 0 Å². The van der Waals surface area contributed by atoms with Gasteiger partial charge in [-0.3, -0.25) is 9.78 Å². The molecule has 60 valence electrons. The number of hydrogen-bond acceptors (Lipinski definition) is 2. The fourth-order valence-electron chi connectivity index (χ4n) is 0.925. The lowest BCUT2D eigenvalue weighted by Gasteiger charge is -2.08. The Kier molecular flexibility index (Phi) is 2.08. The van der Waals surface area contributed by atoms with Crippen molar-refractivity contribution in [1.29, 1.82) is 0 Å². The molecule has 0 N–H and O–H groups in total. The van der Waals surface area contributed by atoms with Crippen molar-refractivity contribution in [2.75, 3.05) is 0 Å². The van der Waals surface area contributed by atoms with E-state index in [2.05, 4.69) is 4.98 Å². The molecule has 0 spiro atoms. The van der Waals surface area contributed by atoms with Crippen molar-refractivity contribution in [2.24, 2.45) is 0 Å². The zero-order chi connectivity index (χ0) is 8.43. The summed E-state index contributed by atoms with van der Waals surface area (Å²) in [5.41, 5.74) is 0.837. The molecule has 3 nitrogen and oxygen atoms in total. The van der Waals surface area contributed by atoms with E-state index < -0.39 is 0 Å². The van der Waals surface area contributed by atoms with E-state index in [9.17, 15) is 4.79 Å². The van der Waals surface area contributed by atoms with Crippen LogP contribution in [0.25, 0.3) is 0 Å². The second kappa shape index (κ2) is 2.86. The van der Waals surface area contributed by atoms with Crippen molar-refractivity contribution < 1.29 is 0 Å². The first-order valence-corrected chi connectivity index (χ1v) is 3.66. The summed E-state index contributed by atoms with van der Waals surface area (Å²) in [7, 11) is 0. The van der Waals surface area contributed by atoms with E-state index in [0.717, 1.165) is 5.69 Å². The van der Waals surface area contributed by atoms with Gasteiger partial charge < -0.3 is 4.57 Å². The SMILES string of the molecule is Cc1cn(C(C)C)c(=O)cn1. The number of aromatic nitrogens is 2. The summed E-state index contributed by atoms with van der Waals surface area (Å²) < 4.78 is 1.67. The monoisotopic (exact) mass is 152 g/mol. The lowest BCUT2D eigenvalue weighted by molar-refractivity contribution is 0.571. The summed E-state index contributed by atoms with van der Waals surface area (Å²) in [5.74, 6) is 0. The Bertz CT molecular complexity index is 301. The second-order valence-electron chi connectivity index (χ2n) is 2.87. The smallest absolute Gasteiger partial charge is 0.269 e. The van der Waals surface area contributed by atoms with Crippen LogP contribution in [0.5, 0.6) is 0 Å². The Labute approximate surface area is 65.7 Å². The lowest BCUT2D eigenvalue weighted by Crippen LogP contribution is -2.21. The minimum atomic E-state index is -0.0365. The highest BCUT2D eigenvalue weighted by molar-refractivity contribution is 4.94. The van der Waals surface area contributed by atoms with Crippen molar-refractivity contribution in [3.05, 3.63) is 28.4 Å². The largest absolute Gasteiger partial charge is 0.310 e. The summed E-state index contributed by atoms with van der Waals surface area (Å²) in [6.45, 7) is 5.82. The van der Waals surface area contributed by atoms with Crippen LogP contribution in [0, 0.1) is 6.92 Å². The van der Waals surface area contributed by atoms with Crippen LogP contribution >= 0.6 is 0 Å². The normalized spacial score (nSPS) is 10.5. The predicted molar refractivity (Wildman–Crippen MR) is 43.6 cm³/mol. The van der Waals surface area contributed by atoms with Gasteiger partial charge in [0, 0.05) is 12.2 Å². The Hall–Kier alpha value is -1.12. The lowest BCUT2D eigenvalue weighted by atomic mass is 10.3. The van der Waals surface area contributed by atoms with Gasteiger partial charge in [0.15, 0.2) is 0 Å². The zero-order valence-corrected chi connectivity index (χ0v) is 7.03. The van der Waals surface area contributed by atoms with Gasteiger partial charge in [-0.2, -0.15) is 0 Å². The molecule has 0 bridgehead atoms. The van der Waals surface area contributed by atoms with E-state index in [-0.39, 0.29) is 11.6 Å². The average molecular weight is 152 g/mol. The standard InChI is InChI=1S/C8H12N2O/c1-6(2)10-5-7(3)9-4-8(10)11/h4-6H,1-3H3. The van der Waals surface area contributed by atoms with Crippen LogP contribution < -0.4 is 5.56 Å². The van der Waals surface area contributed by atoms with Crippen LogP contribution in [0.1, 0.15) is 25.6 Å². The first-order valence-electron chi connectivity index (χ1n) is 3.66. The number of rotatable bonds is 1. The fourth-order valence-corrected chi connectivity index (χ4v) is 0.925. The molecule has 0 aliphatic heterocycles. The molecule has 0 radical (unpaired) electrons. The summed E-state index contributed by atoms with van der Waals surface area (Å²) in [4.78, 5) is 15.0. The van der Waals surface area contributed by atoms with Crippen molar-refractivity contribution in [3.8, 4) is 0 Å². The van der Waals surface area contributed by atoms with E-state index in [1.807, 2.05) is 20.8 Å². The summed E-state index contributed by atoms with van der Waals surface area (Å²) in [5, 5.41) is 0. The number of nitrogens with zero attached hydrogens (tertiary/aromatic N) is 2. The van der Waals surface area contributed by atoms with E-state index in [4.69, 9.17) is 0 Å². The highest BCUT2D eigenvalue weighted by Crippen LogP contribution is 1.98. The molecule has 1 rings (SSSR count). The van der Waals surface area contributed by atoms with Gasteiger partial charge in [0.05, 0.1) is 11.9 Å². The summed E-state index contributed by atoms with van der Waals surface area (Å²) in [6.07, 6.45) is 3.13. The fraction of sp³-hybridized carbons (Fsp3) is 0.500. The molecule has 0 saturated carbocycles.